The van der Waals surface area contributed by atoms with Crippen molar-refractivity contribution in [3.05, 3.63) is 76.3 Å². The average Bonchev–Trinajstić information content (AvgIpc) is 2.72. The summed E-state index contributed by atoms with van der Waals surface area (Å²) in [4.78, 5) is 11.7. The molecule has 10 heteroatoms. The van der Waals surface area contributed by atoms with Gasteiger partial charge < -0.3 is 9.05 Å². The topological polar surface area (TPSA) is 113 Å². The zero-order chi connectivity index (χ0) is 22.3. The van der Waals surface area contributed by atoms with Crippen LogP contribution in [0, 0.1) is 10.1 Å². The molecule has 0 saturated carbocycles. The SMILES string of the molecule is CCOP(=O)(OCC)[C@@](CCS(=O)(=O)c1ccccc1)(Cc1ccccc1)[N+](=O)[O-]. The van der Waals surface area contributed by atoms with Crippen molar-refractivity contribution in [3.63, 3.8) is 0 Å². The highest BCUT2D eigenvalue weighted by atomic mass is 32.2. The van der Waals surface area contributed by atoms with Crippen LogP contribution in [0.5, 0.6) is 0 Å². The van der Waals surface area contributed by atoms with Gasteiger partial charge in [-0.1, -0.05) is 48.5 Å². The Morgan fingerprint density at radius 2 is 1.47 bits per heavy atom. The molecule has 2 aromatic carbocycles. The minimum Gasteiger partial charge on any atom is -0.304 e. The smallest absolute Gasteiger partial charge is 0.304 e. The van der Waals surface area contributed by atoms with Gasteiger partial charge >= 0.3 is 12.9 Å². The monoisotopic (exact) mass is 455 g/mol. The molecular formula is C20H26NO7PS. The van der Waals surface area contributed by atoms with Gasteiger partial charge in [0.25, 0.3) is 0 Å². The first-order chi connectivity index (χ1) is 14.2. The maximum absolute atomic E-state index is 13.7. The number of nitro groups is 1. The van der Waals surface area contributed by atoms with Crippen LogP contribution in [0.15, 0.2) is 65.6 Å². The van der Waals surface area contributed by atoms with Crippen LogP contribution in [0.2, 0.25) is 0 Å². The van der Waals surface area contributed by atoms with Crippen molar-refractivity contribution in [2.45, 2.75) is 36.9 Å². The van der Waals surface area contributed by atoms with E-state index in [1.54, 1.807) is 62.4 Å². The van der Waals surface area contributed by atoms with E-state index in [9.17, 15) is 23.1 Å². The van der Waals surface area contributed by atoms with Crippen LogP contribution < -0.4 is 0 Å². The predicted octanol–water partition coefficient (Wildman–Crippen LogP) is 4.33. The number of hydrogen-bond acceptors (Lipinski definition) is 7. The van der Waals surface area contributed by atoms with Gasteiger partial charge in [0.05, 0.1) is 30.3 Å². The van der Waals surface area contributed by atoms with Gasteiger partial charge in [0.1, 0.15) is 0 Å². The molecule has 2 rings (SSSR count). The molecule has 1 atom stereocenters. The number of nitrogens with zero attached hydrogens (tertiary/aromatic N) is 1. The van der Waals surface area contributed by atoms with Crippen molar-refractivity contribution in [3.8, 4) is 0 Å². The zero-order valence-electron chi connectivity index (χ0n) is 17.0. The van der Waals surface area contributed by atoms with E-state index in [0.29, 0.717) is 5.56 Å². The summed E-state index contributed by atoms with van der Waals surface area (Å²) in [7, 11) is -8.17. The molecule has 0 heterocycles. The zero-order valence-corrected chi connectivity index (χ0v) is 18.7. The lowest BCUT2D eigenvalue weighted by Crippen LogP contribution is -2.43. The summed E-state index contributed by atoms with van der Waals surface area (Å²) in [6, 6.07) is 16.1. The van der Waals surface area contributed by atoms with Crippen molar-refractivity contribution in [1.82, 2.24) is 0 Å². The summed E-state index contributed by atoms with van der Waals surface area (Å²) >= 11 is 0. The van der Waals surface area contributed by atoms with Gasteiger partial charge in [0.2, 0.25) is 0 Å². The lowest BCUT2D eigenvalue weighted by Gasteiger charge is -2.31. The Balaban J connectivity index is 2.53. The first-order valence-corrected chi connectivity index (χ1v) is 12.8. The molecule has 0 bridgehead atoms. The molecule has 0 fully saturated rings. The summed E-state index contributed by atoms with van der Waals surface area (Å²) in [5.41, 5.74) is 0.533. The van der Waals surface area contributed by atoms with Crippen molar-refractivity contribution in [2.75, 3.05) is 19.0 Å². The van der Waals surface area contributed by atoms with Crippen LogP contribution in [0.3, 0.4) is 0 Å². The minimum absolute atomic E-state index is 0.0459. The Morgan fingerprint density at radius 3 is 1.93 bits per heavy atom. The predicted molar refractivity (Wildman–Crippen MR) is 114 cm³/mol. The van der Waals surface area contributed by atoms with E-state index < -0.39 is 39.8 Å². The molecule has 8 nitrogen and oxygen atoms in total. The second-order valence-electron chi connectivity index (χ2n) is 6.62. The van der Waals surface area contributed by atoms with Crippen molar-refractivity contribution in [2.24, 2.45) is 0 Å². The average molecular weight is 455 g/mol. The van der Waals surface area contributed by atoms with Crippen molar-refractivity contribution in [1.29, 1.82) is 0 Å². The highest BCUT2D eigenvalue weighted by Gasteiger charge is 2.62. The van der Waals surface area contributed by atoms with Crippen LogP contribution in [0.25, 0.3) is 0 Å². The van der Waals surface area contributed by atoms with Gasteiger partial charge in [-0.3, -0.25) is 14.7 Å². The van der Waals surface area contributed by atoms with E-state index in [1.165, 1.54) is 12.1 Å². The fourth-order valence-corrected chi connectivity index (χ4v) is 6.92. The minimum atomic E-state index is -4.32. The summed E-state index contributed by atoms with van der Waals surface area (Å²) in [6.45, 7) is 2.96. The van der Waals surface area contributed by atoms with Crippen molar-refractivity contribution < 1.29 is 27.0 Å². The van der Waals surface area contributed by atoms with Gasteiger partial charge in [-0.2, -0.15) is 0 Å². The van der Waals surface area contributed by atoms with Gasteiger partial charge in [-0.05, 0) is 31.5 Å². The van der Waals surface area contributed by atoms with Crippen LogP contribution in [0.1, 0.15) is 25.8 Å². The Hall–Kier alpha value is -2.06. The van der Waals surface area contributed by atoms with Gasteiger partial charge in [-0.15, -0.1) is 0 Å². The van der Waals surface area contributed by atoms with E-state index in [1.807, 2.05) is 0 Å². The highest BCUT2D eigenvalue weighted by molar-refractivity contribution is 7.91. The molecule has 164 valence electrons. The van der Waals surface area contributed by atoms with Gasteiger partial charge in [0, 0.05) is 11.3 Å². The Bertz CT molecular complexity index is 973. The number of sulfone groups is 1. The molecule has 0 saturated heterocycles. The molecule has 0 N–H and O–H groups in total. The van der Waals surface area contributed by atoms with Crippen LogP contribution in [-0.4, -0.2) is 37.6 Å². The second-order valence-corrected chi connectivity index (χ2v) is 11.1. The third kappa shape index (κ3) is 5.35. The lowest BCUT2D eigenvalue weighted by molar-refractivity contribution is -0.545. The van der Waals surface area contributed by atoms with Crippen LogP contribution >= 0.6 is 7.60 Å². The molecule has 0 amide bonds. The summed E-state index contributed by atoms with van der Waals surface area (Å²) in [5.74, 6) is -0.574. The third-order valence-corrected chi connectivity index (χ3v) is 9.14. The van der Waals surface area contributed by atoms with Crippen LogP contribution in [0.4, 0.5) is 0 Å². The Kier molecular flexibility index (Phi) is 8.32. The largest absolute Gasteiger partial charge is 0.407 e. The maximum Gasteiger partial charge on any atom is 0.407 e. The molecule has 0 spiro atoms. The molecule has 0 aliphatic rings. The van der Waals surface area contributed by atoms with E-state index in [0.717, 1.165) is 0 Å². The van der Waals surface area contributed by atoms with E-state index in [4.69, 9.17) is 9.05 Å². The summed E-state index contributed by atoms with van der Waals surface area (Å²) < 4.78 is 49.9. The van der Waals surface area contributed by atoms with E-state index in [-0.39, 0.29) is 24.5 Å². The molecule has 0 unspecified atom stereocenters. The lowest BCUT2D eigenvalue weighted by atomic mass is 10.0. The number of benzene rings is 2. The quantitative estimate of drug-likeness (QED) is 0.266. The van der Waals surface area contributed by atoms with Gasteiger partial charge in [0.15, 0.2) is 9.84 Å². The molecule has 30 heavy (non-hydrogen) atoms. The first kappa shape index (κ1) is 24.2. The van der Waals surface area contributed by atoms with Crippen LogP contribution in [-0.2, 0) is 29.9 Å². The summed E-state index contributed by atoms with van der Waals surface area (Å²) in [6.07, 6.45) is -0.814. The molecule has 0 aliphatic carbocycles. The highest BCUT2D eigenvalue weighted by Crippen LogP contribution is 2.63. The third-order valence-electron chi connectivity index (χ3n) is 4.65. The fraction of sp³-hybridized carbons (Fsp3) is 0.400. The molecule has 0 aromatic heterocycles. The van der Waals surface area contributed by atoms with E-state index in [2.05, 4.69) is 0 Å². The molecule has 0 radical (unpaired) electrons. The summed E-state index contributed by atoms with van der Waals surface area (Å²) in [5, 5.41) is 10.1. The standard InChI is InChI=1S/C20H26NO7PS/c1-3-27-29(24,28-4-2)20(21(22)23,17-18-11-7-5-8-12-18)15-16-30(25,26)19-13-9-6-10-14-19/h5-14H,3-4,15-17H2,1-2H3/t20-/m0/s1. The van der Waals surface area contributed by atoms with Crippen molar-refractivity contribution >= 4 is 17.4 Å². The first-order valence-electron chi connectivity index (χ1n) is 9.56. The molecular weight excluding hydrogens is 429 g/mol. The number of rotatable bonds is 12. The Morgan fingerprint density at radius 1 is 0.967 bits per heavy atom. The molecule has 2 aromatic rings. The van der Waals surface area contributed by atoms with Gasteiger partial charge in [-0.25, -0.2) is 8.42 Å². The maximum atomic E-state index is 13.7. The normalized spacial score (nSPS) is 14.2. The van der Waals surface area contributed by atoms with E-state index >= 15 is 0 Å². The Labute approximate surface area is 176 Å². The second kappa shape index (κ2) is 10.3. The molecule has 0 aliphatic heterocycles. The number of hydrogen-bond donors (Lipinski definition) is 0. The fourth-order valence-electron chi connectivity index (χ4n) is 3.16.